The first-order valence-electron chi connectivity index (χ1n) is 11.3. The Hall–Kier alpha value is -3.30. The van der Waals surface area contributed by atoms with Crippen LogP contribution in [0, 0.1) is 0 Å². The van der Waals surface area contributed by atoms with E-state index in [1.165, 1.54) is 18.4 Å². The van der Waals surface area contributed by atoms with Gasteiger partial charge in [-0.2, -0.15) is 0 Å². The van der Waals surface area contributed by atoms with E-state index in [-0.39, 0.29) is 0 Å². The van der Waals surface area contributed by atoms with Crippen LogP contribution in [0.3, 0.4) is 0 Å². The highest BCUT2D eigenvalue weighted by Gasteiger charge is 2.08. The van der Waals surface area contributed by atoms with Crippen LogP contribution in [0.4, 0.5) is 27.3 Å². The van der Waals surface area contributed by atoms with Gasteiger partial charge in [0.2, 0.25) is 0 Å². The van der Waals surface area contributed by atoms with Crippen molar-refractivity contribution in [2.45, 2.75) is 25.7 Å². The van der Waals surface area contributed by atoms with Crippen molar-refractivity contribution in [1.29, 1.82) is 0 Å². The number of benzene rings is 2. The highest BCUT2D eigenvalue weighted by atomic mass is 32.1. The Morgan fingerprint density at radius 1 is 0.676 bits per heavy atom. The molecule has 0 aliphatic carbocycles. The summed E-state index contributed by atoms with van der Waals surface area (Å²) in [6.45, 7) is 0.964. The quantitative estimate of drug-likeness (QED) is 0.135. The Morgan fingerprint density at radius 3 is 1.76 bits per heavy atom. The van der Waals surface area contributed by atoms with E-state index in [0.717, 1.165) is 46.7 Å². The molecule has 34 heavy (non-hydrogen) atoms. The maximum atomic E-state index is 4.33. The molecule has 0 saturated carbocycles. The zero-order chi connectivity index (χ0) is 23.6. The number of aryl methyl sites for hydroxylation is 3. The lowest BCUT2D eigenvalue weighted by Gasteiger charge is -2.06. The van der Waals surface area contributed by atoms with Gasteiger partial charge in [-0.25, -0.2) is 9.13 Å². The standard InChI is InChI=1S/C25H28N7S2/c1-31-16-18-33-24(31)29-27-22-9-7-20(8-10-22)6-4-3-5-15-26-21-11-13-23(14-12-21)28-30-25-32(2)17-19-34-25/h7-14,16-19H,3-6,15H2,1-2H3/q+1/p+1. The van der Waals surface area contributed by atoms with E-state index in [2.05, 4.69) is 50.0 Å². The zero-order valence-corrected chi connectivity index (χ0v) is 21.1. The van der Waals surface area contributed by atoms with Crippen molar-refractivity contribution in [3.05, 3.63) is 77.2 Å². The van der Waals surface area contributed by atoms with Crippen molar-refractivity contribution in [3.8, 4) is 0 Å². The van der Waals surface area contributed by atoms with E-state index in [0.29, 0.717) is 0 Å². The topological polar surface area (TPSA) is 69.2 Å². The van der Waals surface area contributed by atoms with Crippen molar-refractivity contribution in [2.24, 2.45) is 34.6 Å². The fourth-order valence-corrected chi connectivity index (χ4v) is 4.65. The summed E-state index contributed by atoms with van der Waals surface area (Å²) in [4.78, 5) is 0. The van der Waals surface area contributed by atoms with E-state index >= 15 is 0 Å². The summed E-state index contributed by atoms with van der Waals surface area (Å²) in [5.41, 5.74) is 4.19. The zero-order valence-electron chi connectivity index (χ0n) is 19.5. The Labute approximate surface area is 208 Å². The van der Waals surface area contributed by atoms with Gasteiger partial charge in [0.25, 0.3) is 0 Å². The molecule has 0 fully saturated rings. The third-order valence-corrected chi connectivity index (χ3v) is 6.97. The SMILES string of the molecule is C[n+]1ccsc1N=Nc1ccc(CCCCCNc2ccc(N=Nc3scc[n+]3C)cc2)cc1. The minimum absolute atomic E-state index is 0.854. The highest BCUT2D eigenvalue weighted by Crippen LogP contribution is 2.21. The molecule has 0 bridgehead atoms. The lowest BCUT2D eigenvalue weighted by Crippen LogP contribution is -2.23. The Balaban J connectivity index is 1.12. The van der Waals surface area contributed by atoms with Gasteiger partial charge >= 0.3 is 10.3 Å². The summed E-state index contributed by atoms with van der Waals surface area (Å²) in [6, 6.07) is 16.5. The largest absolute Gasteiger partial charge is 0.408 e. The smallest absolute Gasteiger partial charge is 0.385 e. The molecule has 0 radical (unpaired) electrons. The van der Waals surface area contributed by atoms with Gasteiger partial charge in [0.05, 0.1) is 24.3 Å². The minimum Gasteiger partial charge on any atom is -0.385 e. The van der Waals surface area contributed by atoms with Crippen molar-refractivity contribution in [3.63, 3.8) is 0 Å². The number of hydrogen-bond acceptors (Lipinski definition) is 7. The molecule has 0 spiro atoms. The van der Waals surface area contributed by atoms with Crippen LogP contribution >= 0.6 is 22.7 Å². The molecule has 2 aromatic heterocycles. The van der Waals surface area contributed by atoms with Gasteiger partial charge in [-0.15, -0.1) is 0 Å². The van der Waals surface area contributed by atoms with Crippen molar-refractivity contribution >= 4 is 50.0 Å². The summed E-state index contributed by atoms with van der Waals surface area (Å²) >= 11 is 3.15. The molecule has 2 heterocycles. The molecule has 4 rings (SSSR count). The number of azo groups is 2. The van der Waals surface area contributed by atoms with E-state index in [9.17, 15) is 0 Å². The van der Waals surface area contributed by atoms with Crippen LogP contribution in [-0.4, -0.2) is 6.54 Å². The number of aromatic nitrogens is 2. The van der Waals surface area contributed by atoms with E-state index in [1.54, 1.807) is 22.7 Å². The van der Waals surface area contributed by atoms with Gasteiger partial charge in [0.15, 0.2) is 0 Å². The maximum absolute atomic E-state index is 4.33. The molecule has 0 aliphatic heterocycles. The second-order valence-corrected chi connectivity index (χ2v) is 9.69. The van der Waals surface area contributed by atoms with Gasteiger partial charge in [-0.1, -0.05) is 18.6 Å². The molecule has 0 atom stereocenters. The second-order valence-electron chi connectivity index (χ2n) is 7.94. The molecular weight excluding hydrogens is 462 g/mol. The monoisotopic (exact) mass is 491 g/mol. The average molecular weight is 492 g/mol. The van der Waals surface area contributed by atoms with Gasteiger partial charge in [-0.05, 0) is 94.1 Å². The van der Waals surface area contributed by atoms with Crippen LogP contribution in [0.15, 0.2) is 92.1 Å². The van der Waals surface area contributed by atoms with Crippen LogP contribution in [-0.2, 0) is 20.5 Å². The molecular formula is C25H29N7S2+2. The first kappa shape index (κ1) is 23.8. The highest BCUT2D eigenvalue weighted by molar-refractivity contribution is 7.13. The molecule has 2 aromatic carbocycles. The molecule has 0 saturated heterocycles. The molecule has 9 heteroatoms. The fourth-order valence-electron chi connectivity index (χ4n) is 3.29. The molecule has 4 aromatic rings. The van der Waals surface area contributed by atoms with Crippen LogP contribution in [0.25, 0.3) is 0 Å². The van der Waals surface area contributed by atoms with Gasteiger partial charge < -0.3 is 5.32 Å². The Kier molecular flexibility index (Phi) is 8.59. The van der Waals surface area contributed by atoms with Crippen molar-refractivity contribution in [2.75, 3.05) is 11.9 Å². The molecule has 7 nitrogen and oxygen atoms in total. The average Bonchev–Trinajstić information content (AvgIpc) is 3.47. The number of nitrogens with zero attached hydrogens (tertiary/aromatic N) is 6. The molecule has 0 aliphatic rings. The van der Waals surface area contributed by atoms with Gasteiger partial charge in [-0.3, -0.25) is 0 Å². The van der Waals surface area contributed by atoms with Crippen LogP contribution in [0.5, 0.6) is 0 Å². The third kappa shape index (κ3) is 7.10. The number of hydrogen-bond donors (Lipinski definition) is 1. The molecule has 0 unspecified atom stereocenters. The second kappa shape index (κ2) is 12.2. The summed E-state index contributed by atoms with van der Waals surface area (Å²) in [6.07, 6.45) is 8.54. The van der Waals surface area contributed by atoms with Crippen molar-refractivity contribution < 1.29 is 9.13 Å². The number of thiazole rings is 2. The number of unbranched alkanes of at least 4 members (excludes halogenated alkanes) is 2. The van der Waals surface area contributed by atoms with Crippen LogP contribution < -0.4 is 14.5 Å². The molecule has 0 amide bonds. The first-order chi connectivity index (χ1) is 16.7. The Morgan fingerprint density at radius 2 is 1.24 bits per heavy atom. The number of rotatable bonds is 11. The summed E-state index contributed by atoms with van der Waals surface area (Å²) < 4.78 is 3.92. The number of anilines is 1. The van der Waals surface area contributed by atoms with Gasteiger partial charge in [0, 0.05) is 23.0 Å². The van der Waals surface area contributed by atoms with Crippen LogP contribution in [0.1, 0.15) is 24.8 Å². The number of nitrogens with one attached hydrogen (secondary N) is 1. The summed E-state index contributed by atoms with van der Waals surface area (Å²) in [5.74, 6) is 0. The van der Waals surface area contributed by atoms with Crippen LogP contribution in [0.2, 0.25) is 0 Å². The maximum Gasteiger partial charge on any atom is 0.408 e. The van der Waals surface area contributed by atoms with E-state index < -0.39 is 0 Å². The van der Waals surface area contributed by atoms with Gasteiger partial charge in [0.1, 0.15) is 23.8 Å². The Bertz CT molecular complexity index is 1130. The van der Waals surface area contributed by atoms with Crippen molar-refractivity contribution in [1.82, 2.24) is 0 Å². The first-order valence-corrected chi connectivity index (χ1v) is 13.1. The molecule has 174 valence electrons. The fraction of sp³-hybridized carbons (Fsp3) is 0.280. The summed E-state index contributed by atoms with van der Waals surface area (Å²) in [7, 11) is 3.94. The minimum atomic E-state index is 0.854. The predicted octanol–water partition coefficient (Wildman–Crippen LogP) is 7.11. The molecule has 1 N–H and O–H groups in total. The van der Waals surface area contributed by atoms with E-state index in [4.69, 9.17) is 0 Å². The lowest BCUT2D eigenvalue weighted by molar-refractivity contribution is -0.654. The predicted molar refractivity (Wildman–Crippen MR) is 138 cm³/mol. The summed E-state index contributed by atoms with van der Waals surface area (Å²) in [5, 5.41) is 26.5. The normalized spacial score (nSPS) is 11.6. The lowest BCUT2D eigenvalue weighted by atomic mass is 10.1. The van der Waals surface area contributed by atoms with E-state index in [1.807, 2.05) is 70.6 Å². The third-order valence-electron chi connectivity index (χ3n) is 5.30.